The van der Waals surface area contributed by atoms with Gasteiger partial charge < -0.3 is 19.9 Å². The molecule has 0 bridgehead atoms. The Morgan fingerprint density at radius 3 is 2.22 bits per heavy atom. The summed E-state index contributed by atoms with van der Waals surface area (Å²) in [5.41, 5.74) is 9.09. The fourth-order valence-electron chi connectivity index (χ4n) is 8.58. The Morgan fingerprint density at radius 2 is 1.50 bits per heavy atom. The minimum Gasteiger partial charge on any atom is -0.490 e. The summed E-state index contributed by atoms with van der Waals surface area (Å²) in [6.07, 6.45) is -0.222. The Balaban J connectivity index is 1.20. The molecule has 0 aliphatic heterocycles. The molecule has 4 aromatic carbocycles. The van der Waals surface area contributed by atoms with Crippen molar-refractivity contribution in [1.82, 2.24) is 0 Å². The van der Waals surface area contributed by atoms with Crippen molar-refractivity contribution in [3.63, 3.8) is 0 Å². The summed E-state index contributed by atoms with van der Waals surface area (Å²) in [6, 6.07) is 30.5. The monoisotopic (exact) mass is 627 g/mol. The summed E-state index contributed by atoms with van der Waals surface area (Å²) in [4.78, 5) is 0. The molecule has 3 aliphatic carbocycles. The first-order chi connectivity index (χ1) is 22.2. The first kappa shape index (κ1) is 30.7. The van der Waals surface area contributed by atoms with E-state index < -0.39 is 11.7 Å². The Labute approximate surface area is 268 Å². The minimum atomic E-state index is -4.56. The van der Waals surface area contributed by atoms with Gasteiger partial charge in [-0.05, 0) is 96.5 Å². The predicted molar refractivity (Wildman–Crippen MR) is 173 cm³/mol. The Bertz CT molecular complexity index is 1660. The van der Waals surface area contributed by atoms with Gasteiger partial charge in [-0.3, -0.25) is 0 Å². The highest BCUT2D eigenvalue weighted by Gasteiger charge is 2.59. The molecule has 6 atom stereocenters. The van der Waals surface area contributed by atoms with Crippen LogP contribution in [-0.2, 0) is 30.5 Å². The third-order valence-corrected chi connectivity index (χ3v) is 10.7. The van der Waals surface area contributed by atoms with Crippen molar-refractivity contribution < 1.29 is 27.4 Å². The largest absolute Gasteiger partial charge is 0.490 e. The van der Waals surface area contributed by atoms with Crippen LogP contribution in [0.2, 0.25) is 0 Å². The number of nitrogen functional groups attached to an aromatic ring is 1. The quantitative estimate of drug-likeness (QED) is 0.198. The Morgan fingerprint density at radius 1 is 0.804 bits per heavy atom. The highest BCUT2D eigenvalue weighted by Crippen LogP contribution is 2.62. The number of nitrogens with two attached hydrogens (primary N) is 1. The zero-order chi connectivity index (χ0) is 31.9. The topological polar surface area (TPSA) is 53.7 Å². The minimum absolute atomic E-state index is 0.0390. The van der Waals surface area contributed by atoms with Crippen LogP contribution in [-0.4, -0.2) is 12.2 Å². The molecule has 4 nitrogen and oxygen atoms in total. The van der Waals surface area contributed by atoms with E-state index in [9.17, 15) is 13.2 Å². The second-order valence-electron chi connectivity index (χ2n) is 13.4. The van der Waals surface area contributed by atoms with E-state index in [1.54, 1.807) is 6.07 Å². The van der Waals surface area contributed by atoms with Gasteiger partial charge in [0.1, 0.15) is 24.2 Å². The van der Waals surface area contributed by atoms with Crippen molar-refractivity contribution in [1.29, 1.82) is 0 Å². The van der Waals surface area contributed by atoms with Crippen molar-refractivity contribution >= 4 is 5.69 Å². The molecule has 2 fully saturated rings. The maximum atomic E-state index is 13.8. The first-order valence-electron chi connectivity index (χ1n) is 16.3. The number of rotatable bonds is 8. The van der Waals surface area contributed by atoms with Gasteiger partial charge in [-0.1, -0.05) is 73.7 Å². The molecule has 0 unspecified atom stereocenters. The van der Waals surface area contributed by atoms with Gasteiger partial charge in [0.15, 0.2) is 0 Å². The van der Waals surface area contributed by atoms with Crippen LogP contribution in [0.3, 0.4) is 0 Å². The molecule has 0 amide bonds. The molecule has 240 valence electrons. The van der Waals surface area contributed by atoms with Gasteiger partial charge in [0.05, 0.1) is 18.3 Å². The number of hydrogen-bond acceptors (Lipinski definition) is 4. The van der Waals surface area contributed by atoms with Gasteiger partial charge in [-0.2, -0.15) is 13.2 Å². The van der Waals surface area contributed by atoms with Gasteiger partial charge in [0.2, 0.25) is 0 Å². The van der Waals surface area contributed by atoms with Crippen LogP contribution in [0.15, 0.2) is 97.1 Å². The summed E-state index contributed by atoms with van der Waals surface area (Å²) >= 11 is 0. The second kappa shape index (κ2) is 12.3. The normalized spacial score (nSPS) is 26.9. The maximum Gasteiger partial charge on any atom is 0.418 e. The predicted octanol–water partition coefficient (Wildman–Crippen LogP) is 9.37. The summed E-state index contributed by atoms with van der Waals surface area (Å²) in [7, 11) is 0. The van der Waals surface area contributed by atoms with E-state index in [0.29, 0.717) is 31.5 Å². The molecule has 46 heavy (non-hydrogen) atoms. The Kier molecular flexibility index (Phi) is 8.22. The molecule has 4 aromatic rings. The van der Waals surface area contributed by atoms with E-state index >= 15 is 0 Å². The SMILES string of the molecule is C[C@]12C[C@H](Oc3ccc(N)c(C(F)(F)F)c3)[C@@H]3c4ccc(OCc5ccccc5)cc4CC[C@H]3[C@@H]1CC[C@@H]2OCc1ccccc1. The van der Waals surface area contributed by atoms with Crippen molar-refractivity contribution in [2.24, 2.45) is 17.3 Å². The van der Waals surface area contributed by atoms with Crippen molar-refractivity contribution in [3.8, 4) is 11.5 Å². The molecule has 0 aromatic heterocycles. The second-order valence-corrected chi connectivity index (χ2v) is 13.4. The summed E-state index contributed by atoms with van der Waals surface area (Å²) in [6.45, 7) is 3.34. The van der Waals surface area contributed by atoms with E-state index in [4.69, 9.17) is 19.9 Å². The Hall–Kier alpha value is -3.97. The molecule has 2 saturated carbocycles. The first-order valence-corrected chi connectivity index (χ1v) is 16.3. The molecule has 0 spiro atoms. The van der Waals surface area contributed by atoms with Crippen LogP contribution in [0.4, 0.5) is 18.9 Å². The zero-order valence-corrected chi connectivity index (χ0v) is 26.0. The molecule has 7 rings (SSSR count). The van der Waals surface area contributed by atoms with E-state index in [-0.39, 0.29) is 35.0 Å². The van der Waals surface area contributed by atoms with E-state index in [1.807, 2.05) is 54.6 Å². The number of fused-ring (bicyclic) bond motifs is 5. The van der Waals surface area contributed by atoms with Gasteiger partial charge in [0, 0.05) is 17.0 Å². The van der Waals surface area contributed by atoms with E-state index in [2.05, 4.69) is 31.2 Å². The maximum absolute atomic E-state index is 13.8. The van der Waals surface area contributed by atoms with Crippen LogP contribution in [0.1, 0.15) is 66.3 Å². The van der Waals surface area contributed by atoms with Gasteiger partial charge >= 0.3 is 6.18 Å². The van der Waals surface area contributed by atoms with Gasteiger partial charge in [-0.15, -0.1) is 0 Å². The molecule has 7 heteroatoms. The third-order valence-electron chi connectivity index (χ3n) is 10.7. The van der Waals surface area contributed by atoms with Crippen LogP contribution in [0.5, 0.6) is 11.5 Å². The lowest BCUT2D eigenvalue weighted by Crippen LogP contribution is -2.52. The van der Waals surface area contributed by atoms with Crippen molar-refractivity contribution in [2.45, 2.75) is 76.5 Å². The van der Waals surface area contributed by atoms with E-state index in [0.717, 1.165) is 48.6 Å². The molecule has 0 radical (unpaired) electrons. The van der Waals surface area contributed by atoms with Crippen LogP contribution in [0.25, 0.3) is 0 Å². The number of benzene rings is 4. The summed E-state index contributed by atoms with van der Waals surface area (Å²) in [5, 5.41) is 0. The lowest BCUT2D eigenvalue weighted by molar-refractivity contribution is -0.137. The number of alkyl halides is 3. The standard InChI is InChI=1S/C39H40F3NO3/c1-38-22-35(46-29-14-18-34(43)33(21-29)39(40,41)42)37-30-16-13-28(44-23-25-8-4-2-5-9-25)20-27(30)12-15-31(37)32(38)17-19-36(38)45-24-26-10-6-3-7-11-26/h2-11,13-14,16,18,20-21,31-32,35-37H,12,15,17,19,22-24,43H2,1H3/t31-,32-,35-,36-,37+,38-/m0/s1. The number of aryl methyl sites for hydroxylation is 1. The average Bonchev–Trinajstić information content (AvgIpc) is 3.39. The lowest BCUT2D eigenvalue weighted by atomic mass is 9.54. The highest BCUT2D eigenvalue weighted by molar-refractivity contribution is 5.52. The summed E-state index contributed by atoms with van der Waals surface area (Å²) < 4.78 is 60.9. The summed E-state index contributed by atoms with van der Waals surface area (Å²) in [5.74, 6) is 1.82. The van der Waals surface area contributed by atoms with Crippen LogP contribution < -0.4 is 15.2 Å². The molecule has 0 heterocycles. The van der Waals surface area contributed by atoms with Gasteiger partial charge in [-0.25, -0.2) is 0 Å². The molecule has 0 saturated heterocycles. The third kappa shape index (κ3) is 5.97. The number of ether oxygens (including phenoxy) is 3. The lowest BCUT2D eigenvalue weighted by Gasteiger charge is -2.53. The highest BCUT2D eigenvalue weighted by atomic mass is 19.4. The fraction of sp³-hybridized carbons (Fsp3) is 0.385. The number of hydrogen-bond donors (Lipinski definition) is 1. The van der Waals surface area contributed by atoms with Crippen molar-refractivity contribution in [3.05, 3.63) is 125 Å². The molecular weight excluding hydrogens is 587 g/mol. The van der Waals surface area contributed by atoms with Crippen LogP contribution >= 0.6 is 0 Å². The fourth-order valence-corrected chi connectivity index (χ4v) is 8.58. The average molecular weight is 628 g/mol. The smallest absolute Gasteiger partial charge is 0.418 e. The number of halogens is 3. The molecule has 2 N–H and O–H groups in total. The molecule has 3 aliphatic rings. The van der Waals surface area contributed by atoms with Crippen LogP contribution in [0, 0.1) is 17.3 Å². The van der Waals surface area contributed by atoms with E-state index in [1.165, 1.54) is 17.2 Å². The zero-order valence-electron chi connectivity index (χ0n) is 26.0. The van der Waals surface area contributed by atoms with Gasteiger partial charge in [0.25, 0.3) is 0 Å². The molecular formula is C39H40F3NO3. The van der Waals surface area contributed by atoms with Crippen molar-refractivity contribution in [2.75, 3.05) is 5.73 Å². The number of anilines is 1.